The summed E-state index contributed by atoms with van der Waals surface area (Å²) in [6, 6.07) is 9.59. The summed E-state index contributed by atoms with van der Waals surface area (Å²) in [5, 5.41) is 5.69. The number of hydrogen-bond acceptors (Lipinski definition) is 5. The average molecular weight is 430 g/mol. The Balaban J connectivity index is 1.51. The second-order valence-corrected chi connectivity index (χ2v) is 7.74. The lowest BCUT2D eigenvalue weighted by atomic mass is 9.91. The van der Waals surface area contributed by atoms with Crippen LogP contribution in [0.15, 0.2) is 36.4 Å². The van der Waals surface area contributed by atoms with Crippen LogP contribution in [0.25, 0.3) is 0 Å². The van der Waals surface area contributed by atoms with Gasteiger partial charge in [-0.3, -0.25) is 14.5 Å². The molecule has 30 heavy (non-hydrogen) atoms. The number of rotatable bonds is 4. The summed E-state index contributed by atoms with van der Waals surface area (Å²) in [5.74, 6) is 0.0221. The molecule has 2 aromatic carbocycles. The minimum absolute atomic E-state index is 0.377. The summed E-state index contributed by atoms with van der Waals surface area (Å²) in [6.07, 6.45) is 0. The fraction of sp³-hybridized carbons (Fsp3) is 0.286. The zero-order valence-corrected chi connectivity index (χ0v) is 17.2. The van der Waals surface area contributed by atoms with E-state index in [0.717, 1.165) is 10.5 Å². The number of anilines is 1. The fourth-order valence-electron chi connectivity index (χ4n) is 3.45. The number of urea groups is 1. The molecule has 4 rings (SSSR count). The van der Waals surface area contributed by atoms with Crippen molar-refractivity contribution in [3.63, 3.8) is 0 Å². The molecule has 0 saturated carbocycles. The number of ether oxygens (including phenoxy) is 2. The Kier molecular flexibility index (Phi) is 5.03. The smallest absolute Gasteiger partial charge is 0.325 e. The first-order valence-corrected chi connectivity index (χ1v) is 9.76. The Labute approximate surface area is 178 Å². The molecule has 9 heteroatoms. The van der Waals surface area contributed by atoms with Crippen LogP contribution in [0.2, 0.25) is 5.02 Å². The van der Waals surface area contributed by atoms with Gasteiger partial charge in [0.25, 0.3) is 5.91 Å². The predicted molar refractivity (Wildman–Crippen MR) is 110 cm³/mol. The highest BCUT2D eigenvalue weighted by Crippen LogP contribution is 2.36. The van der Waals surface area contributed by atoms with Gasteiger partial charge in [-0.25, -0.2) is 4.79 Å². The number of carbonyl (C=O) groups excluding carboxylic acids is 3. The van der Waals surface area contributed by atoms with Crippen molar-refractivity contribution in [2.45, 2.75) is 19.4 Å². The maximum atomic E-state index is 13.1. The van der Waals surface area contributed by atoms with Crippen molar-refractivity contribution in [1.82, 2.24) is 10.2 Å². The van der Waals surface area contributed by atoms with E-state index in [1.165, 1.54) is 0 Å². The number of carbonyl (C=O) groups is 3. The summed E-state index contributed by atoms with van der Waals surface area (Å²) in [4.78, 5) is 38.9. The quantitative estimate of drug-likeness (QED) is 0.728. The van der Waals surface area contributed by atoms with Gasteiger partial charge in [0, 0.05) is 0 Å². The molecule has 1 unspecified atom stereocenters. The van der Waals surface area contributed by atoms with Crippen molar-refractivity contribution in [1.29, 1.82) is 0 Å². The van der Waals surface area contributed by atoms with Crippen LogP contribution in [0.1, 0.15) is 18.1 Å². The van der Waals surface area contributed by atoms with E-state index in [4.69, 9.17) is 21.1 Å². The first-order chi connectivity index (χ1) is 14.3. The van der Waals surface area contributed by atoms with Gasteiger partial charge >= 0.3 is 6.03 Å². The van der Waals surface area contributed by atoms with Crippen LogP contribution in [0.4, 0.5) is 10.5 Å². The normalized spacial score (nSPS) is 20.2. The number of aryl methyl sites for hydroxylation is 1. The Bertz CT molecular complexity index is 1060. The topological polar surface area (TPSA) is 97.0 Å². The van der Waals surface area contributed by atoms with Gasteiger partial charge in [-0.1, -0.05) is 23.7 Å². The third-order valence-corrected chi connectivity index (χ3v) is 5.41. The highest BCUT2D eigenvalue weighted by Gasteiger charge is 2.49. The summed E-state index contributed by atoms with van der Waals surface area (Å²) in [6.45, 7) is 3.89. The zero-order valence-electron chi connectivity index (χ0n) is 16.5. The SMILES string of the molecule is Cc1ccc(NC(=O)CN2C(=O)NC(C)(c3ccc4c(c3)OCCO4)C2=O)c(Cl)c1. The first-order valence-electron chi connectivity index (χ1n) is 9.38. The molecule has 1 saturated heterocycles. The van der Waals surface area contributed by atoms with Crippen molar-refractivity contribution < 1.29 is 23.9 Å². The summed E-state index contributed by atoms with van der Waals surface area (Å²) >= 11 is 6.13. The summed E-state index contributed by atoms with van der Waals surface area (Å²) in [5.41, 5.74) is 0.570. The van der Waals surface area contributed by atoms with Gasteiger partial charge in [-0.05, 0) is 49.2 Å². The number of imide groups is 1. The number of benzene rings is 2. The molecule has 0 aliphatic carbocycles. The molecule has 8 nitrogen and oxygen atoms in total. The van der Waals surface area contributed by atoms with E-state index in [9.17, 15) is 14.4 Å². The Morgan fingerprint density at radius 1 is 1.17 bits per heavy atom. The van der Waals surface area contributed by atoms with Crippen molar-refractivity contribution in [2.24, 2.45) is 0 Å². The maximum absolute atomic E-state index is 13.1. The average Bonchev–Trinajstić information content (AvgIpc) is 2.94. The lowest BCUT2D eigenvalue weighted by molar-refractivity contribution is -0.133. The van der Waals surface area contributed by atoms with Gasteiger partial charge < -0.3 is 20.1 Å². The van der Waals surface area contributed by atoms with Crippen LogP contribution in [0.3, 0.4) is 0 Å². The molecule has 2 aliphatic rings. The number of nitrogens with zero attached hydrogens (tertiary/aromatic N) is 1. The molecule has 1 atom stereocenters. The minimum atomic E-state index is -1.32. The van der Waals surface area contributed by atoms with Crippen molar-refractivity contribution in [3.05, 3.63) is 52.5 Å². The molecule has 2 heterocycles. The van der Waals surface area contributed by atoms with E-state index in [1.54, 1.807) is 43.3 Å². The first kappa shape index (κ1) is 20.0. The van der Waals surface area contributed by atoms with E-state index in [-0.39, 0.29) is 0 Å². The molecule has 2 aliphatic heterocycles. The van der Waals surface area contributed by atoms with Gasteiger partial charge in [-0.15, -0.1) is 0 Å². The van der Waals surface area contributed by atoms with E-state index in [2.05, 4.69) is 10.6 Å². The number of amides is 4. The number of hydrogen-bond donors (Lipinski definition) is 2. The molecule has 2 aromatic rings. The van der Waals surface area contributed by atoms with Crippen LogP contribution in [0.5, 0.6) is 11.5 Å². The van der Waals surface area contributed by atoms with Crippen LogP contribution < -0.4 is 20.1 Å². The highest BCUT2D eigenvalue weighted by molar-refractivity contribution is 6.33. The second kappa shape index (κ2) is 7.53. The van der Waals surface area contributed by atoms with Gasteiger partial charge in [0.2, 0.25) is 5.91 Å². The lowest BCUT2D eigenvalue weighted by Gasteiger charge is -2.25. The van der Waals surface area contributed by atoms with E-state index >= 15 is 0 Å². The van der Waals surface area contributed by atoms with Crippen molar-refractivity contribution in [3.8, 4) is 11.5 Å². The molecular weight excluding hydrogens is 410 g/mol. The van der Waals surface area contributed by atoms with Crippen LogP contribution in [-0.2, 0) is 15.1 Å². The van der Waals surface area contributed by atoms with Crippen LogP contribution in [-0.4, -0.2) is 42.5 Å². The van der Waals surface area contributed by atoms with Gasteiger partial charge in [0.1, 0.15) is 25.3 Å². The van der Waals surface area contributed by atoms with Crippen molar-refractivity contribution >= 4 is 35.1 Å². The monoisotopic (exact) mass is 429 g/mol. The molecule has 1 fully saturated rings. The third-order valence-electron chi connectivity index (χ3n) is 5.09. The van der Waals surface area contributed by atoms with E-state index in [0.29, 0.717) is 41.0 Å². The molecule has 0 radical (unpaired) electrons. The maximum Gasteiger partial charge on any atom is 0.325 e. The number of halogens is 1. The van der Waals surface area contributed by atoms with E-state index < -0.39 is 29.9 Å². The largest absolute Gasteiger partial charge is 0.486 e. The highest BCUT2D eigenvalue weighted by atomic mass is 35.5. The Morgan fingerprint density at radius 2 is 1.90 bits per heavy atom. The second-order valence-electron chi connectivity index (χ2n) is 7.34. The van der Waals surface area contributed by atoms with Gasteiger partial charge in [0.15, 0.2) is 11.5 Å². The summed E-state index contributed by atoms with van der Waals surface area (Å²) < 4.78 is 11.1. The molecular formula is C21H20ClN3O5. The zero-order chi connectivity index (χ0) is 21.5. The Morgan fingerprint density at radius 3 is 2.63 bits per heavy atom. The lowest BCUT2D eigenvalue weighted by Crippen LogP contribution is -2.42. The summed E-state index contributed by atoms with van der Waals surface area (Å²) in [7, 11) is 0. The molecule has 0 aromatic heterocycles. The molecule has 4 amide bonds. The van der Waals surface area contributed by atoms with Crippen molar-refractivity contribution in [2.75, 3.05) is 25.1 Å². The van der Waals surface area contributed by atoms with Crippen LogP contribution in [0, 0.1) is 6.92 Å². The van der Waals surface area contributed by atoms with Gasteiger partial charge in [-0.2, -0.15) is 0 Å². The molecule has 156 valence electrons. The predicted octanol–water partition coefficient (Wildman–Crippen LogP) is 2.83. The minimum Gasteiger partial charge on any atom is -0.486 e. The third kappa shape index (κ3) is 3.54. The number of nitrogens with one attached hydrogen (secondary N) is 2. The number of fused-ring (bicyclic) bond motifs is 1. The van der Waals surface area contributed by atoms with Gasteiger partial charge in [0.05, 0.1) is 10.7 Å². The Hall–Kier alpha value is -3.26. The molecule has 0 spiro atoms. The van der Waals surface area contributed by atoms with E-state index in [1.807, 2.05) is 6.92 Å². The standard InChI is InChI=1S/C21H20ClN3O5/c1-12-3-5-15(14(22)9-12)23-18(26)11-25-19(27)21(2,24-20(25)28)13-4-6-16-17(10-13)30-8-7-29-16/h3-6,9-10H,7-8,11H2,1-2H3,(H,23,26)(H,24,28). The van der Waals surface area contributed by atoms with Crippen LogP contribution >= 0.6 is 11.6 Å². The molecule has 0 bridgehead atoms. The molecule has 2 N–H and O–H groups in total. The fourth-order valence-corrected chi connectivity index (χ4v) is 3.73.